The molecule has 0 heterocycles. The van der Waals surface area contributed by atoms with Gasteiger partial charge in [0.05, 0.1) is 5.92 Å². The summed E-state index contributed by atoms with van der Waals surface area (Å²) in [6.07, 6.45) is 0.429. The minimum Gasteiger partial charge on any atom is -0.460 e. The third-order valence-corrected chi connectivity index (χ3v) is 7.21. The number of carbonyl (C=O) groups is 1. The highest BCUT2D eigenvalue weighted by atomic mass is 32.2. The van der Waals surface area contributed by atoms with Gasteiger partial charge in [0.2, 0.25) is 0 Å². The van der Waals surface area contributed by atoms with E-state index in [2.05, 4.69) is 0 Å². The van der Waals surface area contributed by atoms with Gasteiger partial charge >= 0.3 is 16.1 Å². The predicted molar refractivity (Wildman–Crippen MR) is 143 cm³/mol. The second-order valence-electron chi connectivity index (χ2n) is 8.85. The fourth-order valence-corrected chi connectivity index (χ4v) is 4.94. The Balaban J connectivity index is 1.60. The summed E-state index contributed by atoms with van der Waals surface area (Å²) in [5.74, 6) is -1.24. The Morgan fingerprint density at radius 1 is 0.811 bits per heavy atom. The van der Waals surface area contributed by atoms with E-state index >= 15 is 0 Å². The molecule has 0 saturated heterocycles. The van der Waals surface area contributed by atoms with Crippen molar-refractivity contribution in [3.05, 3.63) is 131 Å². The Labute approximate surface area is 217 Å². The van der Waals surface area contributed by atoms with Crippen LogP contribution in [-0.2, 0) is 32.7 Å². The van der Waals surface area contributed by atoms with Crippen LogP contribution in [0.25, 0.3) is 0 Å². The first-order valence-electron chi connectivity index (χ1n) is 11.9. The standard InChI is InChI=1S/C30H29NO5S/c1-22-15-17-27(18-16-22)37(33,34)36-26-14-8-13-25(20-26)29(28(31)19-23-9-4-2-5-10-23)30(32)35-21-24-11-6-3-7-12-24/h2-18,20,28-29H,19,21,31H2,1H3. The molecule has 4 aromatic rings. The van der Waals surface area contributed by atoms with Crippen LogP contribution < -0.4 is 9.92 Å². The highest BCUT2D eigenvalue weighted by Crippen LogP contribution is 2.28. The largest absolute Gasteiger partial charge is 0.460 e. The van der Waals surface area contributed by atoms with Gasteiger partial charge in [0.1, 0.15) is 17.3 Å². The second-order valence-corrected chi connectivity index (χ2v) is 10.4. The third kappa shape index (κ3) is 7.06. The molecular weight excluding hydrogens is 486 g/mol. The summed E-state index contributed by atoms with van der Waals surface area (Å²) >= 11 is 0. The number of carbonyl (C=O) groups excluding carboxylic acids is 1. The average Bonchev–Trinajstić information content (AvgIpc) is 2.89. The SMILES string of the molecule is Cc1ccc(S(=O)(=O)Oc2cccc(C(C(=O)OCc3ccccc3)C(N)Cc3ccccc3)c2)cc1. The Morgan fingerprint density at radius 3 is 2.08 bits per heavy atom. The van der Waals surface area contributed by atoms with Crippen molar-refractivity contribution in [2.24, 2.45) is 5.73 Å². The Bertz CT molecular complexity index is 1420. The molecule has 2 N–H and O–H groups in total. The second kappa shape index (κ2) is 11.9. The number of ether oxygens (including phenoxy) is 1. The van der Waals surface area contributed by atoms with Crippen molar-refractivity contribution >= 4 is 16.1 Å². The van der Waals surface area contributed by atoms with Crippen LogP contribution in [0.4, 0.5) is 0 Å². The molecule has 37 heavy (non-hydrogen) atoms. The minimum atomic E-state index is -4.06. The maximum atomic E-state index is 13.3. The van der Waals surface area contributed by atoms with E-state index in [4.69, 9.17) is 14.7 Å². The van der Waals surface area contributed by atoms with Gasteiger partial charge in [-0.15, -0.1) is 0 Å². The molecule has 0 aliphatic carbocycles. The molecular formula is C30H29NO5S. The van der Waals surface area contributed by atoms with Crippen molar-refractivity contribution in [2.75, 3.05) is 0 Å². The van der Waals surface area contributed by atoms with Gasteiger partial charge in [-0.05, 0) is 54.3 Å². The number of aryl methyl sites for hydroxylation is 1. The normalized spacial score (nSPS) is 12.9. The zero-order valence-electron chi connectivity index (χ0n) is 20.5. The monoisotopic (exact) mass is 515 g/mol. The van der Waals surface area contributed by atoms with E-state index < -0.39 is 28.0 Å². The van der Waals surface area contributed by atoms with Crippen molar-refractivity contribution < 1.29 is 22.1 Å². The first-order valence-corrected chi connectivity index (χ1v) is 13.3. The van der Waals surface area contributed by atoms with Gasteiger partial charge in [-0.2, -0.15) is 8.42 Å². The van der Waals surface area contributed by atoms with Crippen LogP contribution >= 0.6 is 0 Å². The molecule has 0 radical (unpaired) electrons. The molecule has 4 rings (SSSR count). The van der Waals surface area contributed by atoms with Crippen LogP contribution in [-0.4, -0.2) is 20.4 Å². The highest BCUT2D eigenvalue weighted by Gasteiger charge is 2.30. The number of benzene rings is 4. The van der Waals surface area contributed by atoms with Gasteiger partial charge in [0.15, 0.2) is 0 Å². The molecule has 2 unspecified atom stereocenters. The molecule has 0 saturated carbocycles. The lowest BCUT2D eigenvalue weighted by atomic mass is 9.88. The summed E-state index contributed by atoms with van der Waals surface area (Å²) in [5, 5.41) is 0. The third-order valence-electron chi connectivity index (χ3n) is 5.95. The van der Waals surface area contributed by atoms with Crippen molar-refractivity contribution in [3.63, 3.8) is 0 Å². The molecule has 0 aliphatic heterocycles. The molecule has 0 fully saturated rings. The molecule has 0 spiro atoms. The molecule has 0 aliphatic rings. The summed E-state index contributed by atoms with van der Waals surface area (Å²) < 4.78 is 36.7. The summed E-state index contributed by atoms with van der Waals surface area (Å²) in [7, 11) is -4.06. The van der Waals surface area contributed by atoms with E-state index in [1.165, 1.54) is 24.3 Å². The van der Waals surface area contributed by atoms with Crippen LogP contribution in [0.3, 0.4) is 0 Å². The van der Waals surface area contributed by atoms with E-state index in [1.807, 2.05) is 67.6 Å². The Morgan fingerprint density at radius 2 is 1.43 bits per heavy atom. The van der Waals surface area contributed by atoms with Gasteiger partial charge < -0.3 is 14.7 Å². The van der Waals surface area contributed by atoms with Gasteiger partial charge in [-0.25, -0.2) is 0 Å². The van der Waals surface area contributed by atoms with E-state index in [1.54, 1.807) is 24.3 Å². The van der Waals surface area contributed by atoms with Gasteiger partial charge in [0, 0.05) is 6.04 Å². The number of esters is 1. The van der Waals surface area contributed by atoms with Crippen LogP contribution in [0.5, 0.6) is 5.75 Å². The lowest BCUT2D eigenvalue weighted by molar-refractivity contribution is -0.147. The lowest BCUT2D eigenvalue weighted by Crippen LogP contribution is -2.36. The average molecular weight is 516 g/mol. The molecule has 0 amide bonds. The predicted octanol–water partition coefficient (Wildman–Crippen LogP) is 5.16. The van der Waals surface area contributed by atoms with Gasteiger partial charge in [0.25, 0.3) is 0 Å². The maximum absolute atomic E-state index is 13.3. The van der Waals surface area contributed by atoms with Crippen LogP contribution in [0.2, 0.25) is 0 Å². The number of hydrogen-bond acceptors (Lipinski definition) is 6. The first-order chi connectivity index (χ1) is 17.8. The van der Waals surface area contributed by atoms with Crippen LogP contribution in [0.1, 0.15) is 28.2 Å². The molecule has 6 nitrogen and oxygen atoms in total. The lowest BCUT2D eigenvalue weighted by Gasteiger charge is -2.23. The summed E-state index contributed by atoms with van der Waals surface area (Å²) in [6.45, 7) is 1.97. The Kier molecular flexibility index (Phi) is 8.38. The molecule has 0 aromatic heterocycles. The molecule has 4 aromatic carbocycles. The fraction of sp³-hybridized carbons (Fsp3) is 0.167. The smallest absolute Gasteiger partial charge is 0.339 e. The number of hydrogen-bond donors (Lipinski definition) is 1. The van der Waals surface area contributed by atoms with E-state index in [0.29, 0.717) is 12.0 Å². The number of nitrogens with two attached hydrogens (primary N) is 1. The molecule has 2 atom stereocenters. The zero-order chi connectivity index (χ0) is 26.3. The van der Waals surface area contributed by atoms with Crippen molar-refractivity contribution in [3.8, 4) is 5.75 Å². The van der Waals surface area contributed by atoms with Crippen molar-refractivity contribution in [2.45, 2.75) is 36.8 Å². The summed E-state index contributed by atoms with van der Waals surface area (Å²) in [6, 6.07) is 31.2. The van der Waals surface area contributed by atoms with Crippen LogP contribution in [0.15, 0.2) is 114 Å². The summed E-state index contributed by atoms with van der Waals surface area (Å²) in [4.78, 5) is 13.4. The zero-order valence-corrected chi connectivity index (χ0v) is 21.3. The van der Waals surface area contributed by atoms with E-state index in [0.717, 1.165) is 16.7 Å². The van der Waals surface area contributed by atoms with Crippen molar-refractivity contribution in [1.82, 2.24) is 0 Å². The minimum absolute atomic E-state index is 0.0445. The molecule has 7 heteroatoms. The quantitative estimate of drug-likeness (QED) is 0.232. The Hall–Kier alpha value is -3.94. The summed E-state index contributed by atoms with van der Waals surface area (Å²) in [5.41, 5.74) is 9.85. The topological polar surface area (TPSA) is 95.7 Å². The van der Waals surface area contributed by atoms with Gasteiger partial charge in [-0.1, -0.05) is 90.5 Å². The van der Waals surface area contributed by atoms with Crippen molar-refractivity contribution in [1.29, 1.82) is 0 Å². The fourth-order valence-electron chi connectivity index (χ4n) is 4.02. The highest BCUT2D eigenvalue weighted by molar-refractivity contribution is 7.87. The van der Waals surface area contributed by atoms with E-state index in [9.17, 15) is 13.2 Å². The molecule has 190 valence electrons. The first kappa shape index (κ1) is 26.1. The van der Waals surface area contributed by atoms with Crippen LogP contribution in [0, 0.1) is 6.92 Å². The number of rotatable bonds is 10. The van der Waals surface area contributed by atoms with E-state index in [-0.39, 0.29) is 17.3 Å². The molecule has 0 bridgehead atoms. The maximum Gasteiger partial charge on any atom is 0.339 e. The van der Waals surface area contributed by atoms with Gasteiger partial charge in [-0.3, -0.25) is 4.79 Å².